The summed E-state index contributed by atoms with van der Waals surface area (Å²) in [4.78, 5) is 11.6. The zero-order valence-corrected chi connectivity index (χ0v) is 11.5. The largest absolute Gasteiger partial charge is 0.345 e. The Labute approximate surface area is 119 Å². The van der Waals surface area contributed by atoms with Gasteiger partial charge in [0.05, 0.1) is 0 Å². The maximum absolute atomic E-state index is 11.6. The van der Waals surface area contributed by atoms with Gasteiger partial charge in [-0.1, -0.05) is 53.9 Å². The lowest BCUT2D eigenvalue weighted by Gasteiger charge is -2.01. The molecular weight excluding hydrogens is 246 g/mol. The number of rotatable bonds is 3. The molecule has 2 aromatic carbocycles. The molecule has 0 heterocycles. The fourth-order valence-corrected chi connectivity index (χ4v) is 1.78. The Morgan fingerprint density at radius 2 is 1.75 bits per heavy atom. The second kappa shape index (κ2) is 7.16. The van der Waals surface area contributed by atoms with Gasteiger partial charge < -0.3 is 5.32 Å². The molecule has 0 aromatic heterocycles. The summed E-state index contributed by atoms with van der Waals surface area (Å²) in [7, 11) is 0. The van der Waals surface area contributed by atoms with E-state index < -0.39 is 0 Å². The molecule has 2 heteroatoms. The monoisotopic (exact) mass is 263 g/mol. The van der Waals surface area contributed by atoms with Crippen molar-refractivity contribution in [1.82, 2.24) is 5.32 Å². The number of amides is 1. The van der Waals surface area contributed by atoms with E-state index in [0.29, 0.717) is 6.54 Å². The summed E-state index contributed by atoms with van der Waals surface area (Å²) in [6.07, 6.45) is 0.818. The van der Waals surface area contributed by atoms with Crippen molar-refractivity contribution in [2.24, 2.45) is 0 Å². The number of benzene rings is 2. The number of nitrogens with one attached hydrogen (secondary N) is 1. The maximum Gasteiger partial charge on any atom is 0.296 e. The molecule has 20 heavy (non-hydrogen) atoms. The van der Waals surface area contributed by atoms with E-state index >= 15 is 0 Å². The Bertz CT molecular complexity index is 618. The topological polar surface area (TPSA) is 29.1 Å². The summed E-state index contributed by atoms with van der Waals surface area (Å²) in [6.45, 7) is 2.62. The first-order valence-corrected chi connectivity index (χ1v) is 6.64. The standard InChI is InChI=1S/C18H17NO/c1-15-7-9-17(10-8-15)11-12-18(20)19-14-13-16-5-3-2-4-6-16/h2-10H,13-14H2,1H3,(H,19,20). The van der Waals surface area contributed by atoms with Gasteiger partial charge in [-0.15, -0.1) is 0 Å². The van der Waals surface area contributed by atoms with E-state index in [1.165, 1.54) is 11.1 Å². The van der Waals surface area contributed by atoms with Gasteiger partial charge in [0, 0.05) is 18.0 Å². The molecule has 2 aromatic rings. The van der Waals surface area contributed by atoms with Gasteiger partial charge in [0.15, 0.2) is 0 Å². The van der Waals surface area contributed by atoms with Gasteiger partial charge in [0.1, 0.15) is 0 Å². The van der Waals surface area contributed by atoms with Gasteiger partial charge in [-0.25, -0.2) is 0 Å². The average Bonchev–Trinajstić information content (AvgIpc) is 2.48. The summed E-state index contributed by atoms with van der Waals surface area (Å²) in [5.74, 6) is 5.23. The lowest BCUT2D eigenvalue weighted by atomic mass is 10.1. The predicted octanol–water partition coefficient (Wildman–Crippen LogP) is 2.71. The third-order valence-corrected chi connectivity index (χ3v) is 2.91. The predicted molar refractivity (Wildman–Crippen MR) is 81.2 cm³/mol. The number of hydrogen-bond acceptors (Lipinski definition) is 1. The summed E-state index contributed by atoms with van der Waals surface area (Å²) in [6, 6.07) is 17.9. The van der Waals surface area contributed by atoms with Crippen LogP contribution in [0, 0.1) is 18.8 Å². The highest BCUT2D eigenvalue weighted by Gasteiger charge is 1.96. The van der Waals surface area contributed by atoms with Crippen LogP contribution in [0.5, 0.6) is 0 Å². The van der Waals surface area contributed by atoms with Crippen molar-refractivity contribution in [3.8, 4) is 11.8 Å². The van der Waals surface area contributed by atoms with Crippen LogP contribution in [0.1, 0.15) is 16.7 Å². The van der Waals surface area contributed by atoms with Gasteiger partial charge in [-0.05, 0) is 31.0 Å². The van der Waals surface area contributed by atoms with Crippen molar-refractivity contribution >= 4 is 5.91 Å². The third-order valence-electron chi connectivity index (χ3n) is 2.91. The van der Waals surface area contributed by atoms with E-state index in [9.17, 15) is 4.79 Å². The normalized spacial score (nSPS) is 9.45. The maximum atomic E-state index is 11.6. The zero-order chi connectivity index (χ0) is 14.2. The molecule has 0 aliphatic heterocycles. The Morgan fingerprint density at radius 3 is 2.45 bits per heavy atom. The van der Waals surface area contributed by atoms with Crippen molar-refractivity contribution in [1.29, 1.82) is 0 Å². The summed E-state index contributed by atoms with van der Waals surface area (Å²) < 4.78 is 0. The van der Waals surface area contributed by atoms with Gasteiger partial charge in [-0.3, -0.25) is 4.79 Å². The van der Waals surface area contributed by atoms with Crippen LogP contribution in [0.15, 0.2) is 54.6 Å². The molecular formula is C18H17NO. The van der Waals surface area contributed by atoms with Crippen molar-refractivity contribution in [2.75, 3.05) is 6.54 Å². The highest BCUT2D eigenvalue weighted by molar-refractivity contribution is 5.94. The molecule has 0 fully saturated rings. The number of carbonyl (C=O) groups is 1. The fourth-order valence-electron chi connectivity index (χ4n) is 1.78. The lowest BCUT2D eigenvalue weighted by Crippen LogP contribution is -2.23. The van der Waals surface area contributed by atoms with Crippen LogP contribution < -0.4 is 5.32 Å². The highest BCUT2D eigenvalue weighted by Crippen LogP contribution is 2.01. The summed E-state index contributed by atoms with van der Waals surface area (Å²) in [5.41, 5.74) is 3.25. The van der Waals surface area contributed by atoms with Crippen molar-refractivity contribution in [3.05, 3.63) is 71.3 Å². The summed E-state index contributed by atoms with van der Waals surface area (Å²) >= 11 is 0. The van der Waals surface area contributed by atoms with Crippen LogP contribution >= 0.6 is 0 Å². The minimum Gasteiger partial charge on any atom is -0.345 e. The van der Waals surface area contributed by atoms with Crippen LogP contribution in [0.2, 0.25) is 0 Å². The van der Waals surface area contributed by atoms with Gasteiger partial charge >= 0.3 is 0 Å². The lowest BCUT2D eigenvalue weighted by molar-refractivity contribution is -0.115. The Hall–Kier alpha value is -2.53. The third kappa shape index (κ3) is 4.62. The molecule has 2 nitrogen and oxygen atoms in total. The van der Waals surface area contributed by atoms with Crippen LogP contribution in [-0.4, -0.2) is 12.5 Å². The molecule has 0 atom stereocenters. The quantitative estimate of drug-likeness (QED) is 0.848. The second-order valence-corrected chi connectivity index (χ2v) is 4.61. The van der Waals surface area contributed by atoms with Gasteiger partial charge in [0.2, 0.25) is 0 Å². The molecule has 0 unspecified atom stereocenters. The van der Waals surface area contributed by atoms with Crippen LogP contribution in [0.4, 0.5) is 0 Å². The molecule has 0 aliphatic carbocycles. The second-order valence-electron chi connectivity index (χ2n) is 4.61. The molecule has 0 bridgehead atoms. The van der Waals surface area contributed by atoms with Gasteiger partial charge in [0.25, 0.3) is 5.91 Å². The average molecular weight is 263 g/mol. The molecule has 0 aliphatic rings. The summed E-state index contributed by atoms with van der Waals surface area (Å²) in [5, 5.41) is 2.80. The number of aryl methyl sites for hydroxylation is 1. The Morgan fingerprint density at radius 1 is 1.05 bits per heavy atom. The number of carbonyl (C=O) groups excluding carboxylic acids is 1. The van der Waals surface area contributed by atoms with Crippen molar-refractivity contribution < 1.29 is 4.79 Å². The first-order chi connectivity index (χ1) is 9.74. The van der Waals surface area contributed by atoms with Gasteiger partial charge in [-0.2, -0.15) is 0 Å². The van der Waals surface area contributed by atoms with E-state index in [-0.39, 0.29) is 5.91 Å². The number of hydrogen-bond donors (Lipinski definition) is 1. The highest BCUT2D eigenvalue weighted by atomic mass is 16.1. The van der Waals surface area contributed by atoms with Crippen LogP contribution in [0.3, 0.4) is 0 Å². The van der Waals surface area contributed by atoms with E-state index in [4.69, 9.17) is 0 Å². The molecule has 100 valence electrons. The van der Waals surface area contributed by atoms with E-state index in [1.54, 1.807) is 0 Å². The minimum atomic E-state index is -0.235. The molecule has 1 amide bonds. The van der Waals surface area contributed by atoms with Crippen molar-refractivity contribution in [3.63, 3.8) is 0 Å². The van der Waals surface area contributed by atoms with Crippen LogP contribution in [0.25, 0.3) is 0 Å². The van der Waals surface area contributed by atoms with E-state index in [2.05, 4.69) is 17.2 Å². The van der Waals surface area contributed by atoms with E-state index in [1.807, 2.05) is 61.5 Å². The SMILES string of the molecule is Cc1ccc(C#CC(=O)NCCc2ccccc2)cc1. The van der Waals surface area contributed by atoms with Crippen molar-refractivity contribution in [2.45, 2.75) is 13.3 Å². The molecule has 0 radical (unpaired) electrons. The molecule has 1 N–H and O–H groups in total. The molecule has 0 saturated heterocycles. The Kier molecular flexibility index (Phi) is 4.97. The molecule has 0 saturated carbocycles. The smallest absolute Gasteiger partial charge is 0.296 e. The zero-order valence-electron chi connectivity index (χ0n) is 11.5. The minimum absolute atomic E-state index is 0.235. The first kappa shape index (κ1) is 13.9. The first-order valence-electron chi connectivity index (χ1n) is 6.64. The molecule has 0 spiro atoms. The fraction of sp³-hybridized carbons (Fsp3) is 0.167. The van der Waals surface area contributed by atoms with E-state index in [0.717, 1.165) is 12.0 Å². The van der Waals surface area contributed by atoms with Crippen LogP contribution in [-0.2, 0) is 11.2 Å². The Balaban J connectivity index is 1.80. The molecule has 2 rings (SSSR count).